The third-order valence-corrected chi connectivity index (χ3v) is 4.82. The number of hydrogen-bond donors (Lipinski definition) is 0. The van der Waals surface area contributed by atoms with Crippen LogP contribution in [0.3, 0.4) is 0 Å². The predicted octanol–water partition coefficient (Wildman–Crippen LogP) is 5.84. The summed E-state index contributed by atoms with van der Waals surface area (Å²) in [6.07, 6.45) is 0. The monoisotopic (exact) mass is 309 g/mol. The Balaban J connectivity index is 2.32. The van der Waals surface area contributed by atoms with Gasteiger partial charge in [-0.15, -0.1) is 0 Å². The molecule has 110 valence electrons. The summed E-state index contributed by atoms with van der Waals surface area (Å²) in [5.41, 5.74) is -1.96. The summed E-state index contributed by atoms with van der Waals surface area (Å²) >= 11 is -0.0716. The Bertz CT molecular complexity index is 760. The summed E-state index contributed by atoms with van der Waals surface area (Å²) in [5, 5.41) is 1.49. The predicted molar refractivity (Wildman–Crippen MR) is 81.7 cm³/mol. The minimum atomic E-state index is -4.30. The summed E-state index contributed by atoms with van der Waals surface area (Å²) in [6.45, 7) is 6.03. The van der Waals surface area contributed by atoms with Crippen molar-refractivity contribution < 1.29 is 13.2 Å². The van der Waals surface area contributed by atoms with E-state index in [9.17, 15) is 13.2 Å². The van der Waals surface area contributed by atoms with E-state index >= 15 is 0 Å². The van der Waals surface area contributed by atoms with Gasteiger partial charge in [-0.1, -0.05) is 38.1 Å². The zero-order chi connectivity index (χ0) is 15.4. The number of halogens is 3. The highest BCUT2D eigenvalue weighted by Gasteiger charge is 2.36. The van der Waals surface area contributed by atoms with Gasteiger partial charge in [0.25, 0.3) is 0 Å². The zero-order valence-corrected chi connectivity index (χ0v) is 12.7. The molecule has 0 N–H and O–H groups in total. The molecule has 3 rings (SSSR count). The van der Waals surface area contributed by atoms with Gasteiger partial charge in [0.2, 0.25) is 0 Å². The van der Waals surface area contributed by atoms with Crippen molar-refractivity contribution in [3.05, 3.63) is 35.9 Å². The van der Waals surface area contributed by atoms with Crippen molar-refractivity contribution in [3.8, 4) is 0 Å². The Kier molecular flexibility index (Phi) is 3.10. The van der Waals surface area contributed by atoms with Crippen LogP contribution in [0.15, 0.2) is 40.2 Å². The second kappa shape index (κ2) is 4.50. The molecule has 0 fully saturated rings. The third-order valence-electron chi connectivity index (χ3n) is 4.03. The van der Waals surface area contributed by atoms with Crippen LogP contribution in [0.1, 0.15) is 26.3 Å². The molecule has 2 aromatic rings. The number of thioether (sulfide) groups is 1. The van der Waals surface area contributed by atoms with Crippen LogP contribution in [0.5, 0.6) is 0 Å². The molecule has 1 nitrogen and oxygen atoms in total. The minimum absolute atomic E-state index is 0.0716. The van der Waals surface area contributed by atoms with E-state index in [4.69, 9.17) is 0 Å². The van der Waals surface area contributed by atoms with E-state index in [0.717, 1.165) is 16.7 Å². The molecule has 1 aliphatic heterocycles. The van der Waals surface area contributed by atoms with Crippen LogP contribution < -0.4 is 0 Å². The third kappa shape index (κ3) is 2.33. The molecule has 0 saturated heterocycles. The molecule has 21 heavy (non-hydrogen) atoms. The second-order valence-electron chi connectivity index (χ2n) is 5.68. The standard InChI is InChI=1S/C16H14F3NS/c1-9-15(2,3)14-11-7-5-4-6-10(11)13(8-12(14)20-9)21-16(17,18)19/h4-8H,1-3H3. The lowest BCUT2D eigenvalue weighted by molar-refractivity contribution is -0.0327. The SMILES string of the molecule is CC1=Nc2cc(SC(F)(F)F)c3ccccc3c2C1(C)C. The van der Waals surface area contributed by atoms with Crippen LogP contribution >= 0.6 is 11.8 Å². The largest absolute Gasteiger partial charge is 0.446 e. The average molecular weight is 309 g/mol. The van der Waals surface area contributed by atoms with E-state index in [0.29, 0.717) is 11.1 Å². The van der Waals surface area contributed by atoms with Crippen molar-refractivity contribution >= 4 is 33.9 Å². The minimum Gasteiger partial charge on any atom is -0.257 e. The Morgan fingerprint density at radius 3 is 2.33 bits per heavy atom. The van der Waals surface area contributed by atoms with Crippen molar-refractivity contribution in [2.75, 3.05) is 0 Å². The van der Waals surface area contributed by atoms with Gasteiger partial charge in [0, 0.05) is 16.0 Å². The van der Waals surface area contributed by atoms with Crippen molar-refractivity contribution in [3.63, 3.8) is 0 Å². The number of alkyl halides is 3. The number of benzene rings is 2. The fourth-order valence-electron chi connectivity index (χ4n) is 2.78. The van der Waals surface area contributed by atoms with Gasteiger partial charge in [0.05, 0.1) is 5.69 Å². The van der Waals surface area contributed by atoms with Gasteiger partial charge in [-0.25, -0.2) is 0 Å². The molecule has 0 unspecified atom stereocenters. The lowest BCUT2D eigenvalue weighted by Crippen LogP contribution is -2.23. The molecular weight excluding hydrogens is 295 g/mol. The maximum atomic E-state index is 12.8. The molecule has 0 radical (unpaired) electrons. The quantitative estimate of drug-likeness (QED) is 0.603. The molecule has 1 aliphatic rings. The van der Waals surface area contributed by atoms with Gasteiger partial charge >= 0.3 is 5.51 Å². The van der Waals surface area contributed by atoms with E-state index in [1.54, 1.807) is 18.2 Å². The molecule has 5 heteroatoms. The molecule has 0 spiro atoms. The van der Waals surface area contributed by atoms with Crippen LogP contribution in [0.2, 0.25) is 0 Å². The van der Waals surface area contributed by atoms with Gasteiger partial charge in [-0.3, -0.25) is 4.99 Å². The highest BCUT2D eigenvalue weighted by molar-refractivity contribution is 8.00. The van der Waals surface area contributed by atoms with Crippen LogP contribution in [-0.4, -0.2) is 11.2 Å². The van der Waals surface area contributed by atoms with Crippen molar-refractivity contribution in [2.45, 2.75) is 36.6 Å². The summed E-state index contributed by atoms with van der Waals surface area (Å²) in [7, 11) is 0. The fourth-order valence-corrected chi connectivity index (χ4v) is 3.49. The summed E-state index contributed by atoms with van der Waals surface area (Å²) in [5.74, 6) is 0. The topological polar surface area (TPSA) is 12.4 Å². The molecule has 0 aromatic heterocycles. The average Bonchev–Trinajstić information content (AvgIpc) is 2.58. The van der Waals surface area contributed by atoms with Crippen molar-refractivity contribution in [1.29, 1.82) is 0 Å². The molecule has 0 amide bonds. The fraction of sp³-hybridized carbons (Fsp3) is 0.312. The highest BCUT2D eigenvalue weighted by Crippen LogP contribution is 2.49. The Labute approximate surface area is 125 Å². The number of aliphatic imine (C=N–C) groups is 1. The molecule has 0 saturated carbocycles. The van der Waals surface area contributed by atoms with Gasteiger partial charge in [0.15, 0.2) is 0 Å². The van der Waals surface area contributed by atoms with Crippen molar-refractivity contribution in [1.82, 2.24) is 0 Å². The zero-order valence-electron chi connectivity index (χ0n) is 11.9. The first-order valence-electron chi connectivity index (χ1n) is 6.58. The smallest absolute Gasteiger partial charge is 0.257 e. The molecule has 1 heterocycles. The van der Waals surface area contributed by atoms with Gasteiger partial charge in [-0.05, 0) is 41.1 Å². The number of hydrogen-bond acceptors (Lipinski definition) is 2. The normalized spacial score (nSPS) is 17.0. The lowest BCUT2D eigenvalue weighted by atomic mass is 9.80. The Hall–Kier alpha value is -1.49. The Morgan fingerprint density at radius 1 is 1.10 bits per heavy atom. The van der Waals surface area contributed by atoms with Crippen LogP contribution in [0.4, 0.5) is 18.9 Å². The Morgan fingerprint density at radius 2 is 1.71 bits per heavy atom. The van der Waals surface area contributed by atoms with Gasteiger partial charge < -0.3 is 0 Å². The van der Waals surface area contributed by atoms with E-state index in [2.05, 4.69) is 18.8 Å². The maximum Gasteiger partial charge on any atom is 0.446 e. The van der Waals surface area contributed by atoms with E-state index < -0.39 is 5.51 Å². The summed E-state index contributed by atoms with van der Waals surface area (Å²) < 4.78 is 38.3. The van der Waals surface area contributed by atoms with Crippen LogP contribution in [0, 0.1) is 0 Å². The number of fused-ring (bicyclic) bond motifs is 3. The molecule has 2 aromatic carbocycles. The van der Waals surface area contributed by atoms with Gasteiger partial charge in [-0.2, -0.15) is 13.2 Å². The van der Waals surface area contributed by atoms with Crippen LogP contribution in [0.25, 0.3) is 10.8 Å². The van der Waals surface area contributed by atoms with Crippen LogP contribution in [-0.2, 0) is 5.41 Å². The molecule has 0 aliphatic carbocycles. The molecular formula is C16H14F3NS. The first-order chi connectivity index (χ1) is 9.70. The summed E-state index contributed by atoms with van der Waals surface area (Å²) in [6, 6.07) is 8.81. The van der Waals surface area contributed by atoms with E-state index in [-0.39, 0.29) is 22.1 Å². The molecule has 0 atom stereocenters. The lowest BCUT2D eigenvalue weighted by Gasteiger charge is -2.22. The second-order valence-corrected chi connectivity index (χ2v) is 6.79. The van der Waals surface area contributed by atoms with Crippen molar-refractivity contribution in [2.24, 2.45) is 4.99 Å². The summed E-state index contributed by atoms with van der Waals surface area (Å²) in [4.78, 5) is 4.70. The molecule has 0 bridgehead atoms. The first-order valence-corrected chi connectivity index (χ1v) is 7.39. The van der Waals surface area contributed by atoms with E-state index in [1.165, 1.54) is 0 Å². The van der Waals surface area contributed by atoms with E-state index in [1.807, 2.05) is 19.1 Å². The first kappa shape index (κ1) is 14.4. The number of rotatable bonds is 1. The van der Waals surface area contributed by atoms with Gasteiger partial charge in [0.1, 0.15) is 0 Å². The highest BCUT2D eigenvalue weighted by atomic mass is 32.2. The number of nitrogens with zero attached hydrogens (tertiary/aromatic N) is 1. The maximum absolute atomic E-state index is 12.8.